The fourth-order valence-electron chi connectivity index (χ4n) is 4.03. The summed E-state index contributed by atoms with van der Waals surface area (Å²) in [5.41, 5.74) is 2.16. The molecule has 0 bridgehead atoms. The van der Waals surface area contributed by atoms with Gasteiger partial charge < -0.3 is 14.8 Å². The van der Waals surface area contributed by atoms with E-state index >= 15 is 0 Å². The molecule has 0 unspecified atom stereocenters. The molecule has 1 N–H and O–H groups in total. The van der Waals surface area contributed by atoms with Crippen LogP contribution in [0.1, 0.15) is 38.6 Å². The molecule has 1 amide bonds. The second-order valence-corrected chi connectivity index (χ2v) is 9.27. The Kier molecular flexibility index (Phi) is 5.06. The molecule has 30 heavy (non-hydrogen) atoms. The molecule has 5 rings (SSSR count). The quantitative estimate of drug-likeness (QED) is 0.598. The van der Waals surface area contributed by atoms with Gasteiger partial charge in [0, 0.05) is 27.9 Å². The zero-order chi connectivity index (χ0) is 20.7. The van der Waals surface area contributed by atoms with Gasteiger partial charge in [-0.05, 0) is 47.9 Å². The van der Waals surface area contributed by atoms with E-state index in [0.29, 0.717) is 22.7 Å². The summed E-state index contributed by atoms with van der Waals surface area (Å²) in [7, 11) is 0. The number of rotatable bonds is 5. The Labute approximate surface area is 182 Å². The van der Waals surface area contributed by atoms with Crippen LogP contribution < -0.4 is 14.8 Å². The topological polar surface area (TPSA) is 67.9 Å². The number of Topliss-reactive ketones (excluding diaryl/α,β-unsaturated/α-hetero) is 1. The van der Waals surface area contributed by atoms with Crippen LogP contribution in [0.15, 0.2) is 41.1 Å². The minimum Gasteiger partial charge on any atom is -0.454 e. The Morgan fingerprint density at radius 3 is 2.77 bits per heavy atom. The third kappa shape index (κ3) is 3.51. The Bertz CT molecular complexity index is 1110. The zero-order valence-electron chi connectivity index (χ0n) is 16.3. The summed E-state index contributed by atoms with van der Waals surface area (Å²) in [4.78, 5) is 29.9. The Morgan fingerprint density at radius 1 is 1.17 bits per heavy atom. The predicted molar refractivity (Wildman–Crippen MR) is 117 cm³/mol. The van der Waals surface area contributed by atoms with Crippen molar-refractivity contribution in [2.24, 2.45) is 0 Å². The molecule has 2 aliphatic rings. The van der Waals surface area contributed by atoms with Crippen molar-refractivity contribution in [2.75, 3.05) is 25.2 Å². The summed E-state index contributed by atoms with van der Waals surface area (Å²) in [6.45, 7) is 2.64. The van der Waals surface area contributed by atoms with Gasteiger partial charge in [-0.1, -0.05) is 6.07 Å². The number of benzene rings is 1. The smallest absolute Gasteiger partial charge is 0.238 e. The number of fused-ring (bicyclic) bond motifs is 2. The number of amides is 1. The van der Waals surface area contributed by atoms with E-state index in [2.05, 4.69) is 33.1 Å². The molecule has 0 saturated heterocycles. The number of nitrogens with one attached hydrogen (secondary N) is 1. The maximum Gasteiger partial charge on any atom is 0.238 e. The Balaban J connectivity index is 1.39. The number of hydrogen-bond donors (Lipinski definition) is 1. The summed E-state index contributed by atoms with van der Waals surface area (Å²) < 4.78 is 10.8. The average Bonchev–Trinajstić information content (AvgIpc) is 3.48. The van der Waals surface area contributed by atoms with Crippen molar-refractivity contribution in [3.63, 3.8) is 0 Å². The molecule has 0 radical (unpaired) electrons. The van der Waals surface area contributed by atoms with Gasteiger partial charge in [-0.2, -0.15) is 0 Å². The van der Waals surface area contributed by atoms with E-state index in [1.165, 1.54) is 22.2 Å². The molecule has 0 aliphatic carbocycles. The van der Waals surface area contributed by atoms with Crippen LogP contribution in [-0.4, -0.2) is 36.5 Å². The van der Waals surface area contributed by atoms with Gasteiger partial charge in [0.15, 0.2) is 17.3 Å². The van der Waals surface area contributed by atoms with Gasteiger partial charge in [-0.15, -0.1) is 22.7 Å². The van der Waals surface area contributed by atoms with Crippen LogP contribution >= 0.6 is 22.7 Å². The highest BCUT2D eigenvalue weighted by Crippen LogP contribution is 2.40. The number of ether oxygens (including phenoxy) is 2. The molecule has 1 aromatic carbocycles. The molecule has 154 valence electrons. The Hall–Kier alpha value is -2.68. The first-order chi connectivity index (χ1) is 14.6. The van der Waals surface area contributed by atoms with Crippen molar-refractivity contribution < 1.29 is 19.1 Å². The molecule has 8 heteroatoms. The SMILES string of the molecule is CC(=O)c1cc2c(cc1NC(=O)CN1CCc3sccc3[C@H]1c1cccs1)OCO2. The first-order valence-electron chi connectivity index (χ1n) is 9.68. The van der Waals surface area contributed by atoms with E-state index in [1.807, 2.05) is 6.07 Å². The molecular weight excluding hydrogens is 420 g/mol. The van der Waals surface area contributed by atoms with Crippen LogP contribution in [0.3, 0.4) is 0 Å². The van der Waals surface area contributed by atoms with Crippen molar-refractivity contribution in [1.29, 1.82) is 0 Å². The van der Waals surface area contributed by atoms with Crippen LogP contribution in [0.5, 0.6) is 11.5 Å². The molecule has 0 spiro atoms. The molecule has 0 fully saturated rings. The standard InChI is InChI=1S/C22H20N2O4S2/c1-13(25)15-9-17-18(28-12-27-17)10-16(15)23-21(26)11-24-6-4-19-14(5-8-30-19)22(24)20-3-2-7-29-20/h2-3,5,7-10,22H,4,6,11-12H2,1H3,(H,23,26)/t22-/m0/s1. The average molecular weight is 441 g/mol. The summed E-state index contributed by atoms with van der Waals surface area (Å²) in [5, 5.41) is 7.12. The van der Waals surface area contributed by atoms with Crippen LogP contribution in [0.2, 0.25) is 0 Å². The summed E-state index contributed by atoms with van der Waals surface area (Å²) in [5.74, 6) is 0.766. The number of anilines is 1. The summed E-state index contributed by atoms with van der Waals surface area (Å²) in [6, 6.07) is 9.72. The van der Waals surface area contributed by atoms with Crippen molar-refractivity contribution in [3.05, 3.63) is 62.0 Å². The third-order valence-corrected chi connectivity index (χ3v) is 7.31. The van der Waals surface area contributed by atoms with Crippen molar-refractivity contribution in [3.8, 4) is 11.5 Å². The van der Waals surface area contributed by atoms with Crippen LogP contribution in [0.4, 0.5) is 5.69 Å². The molecule has 6 nitrogen and oxygen atoms in total. The van der Waals surface area contributed by atoms with Gasteiger partial charge in [0.25, 0.3) is 0 Å². The largest absolute Gasteiger partial charge is 0.454 e. The van der Waals surface area contributed by atoms with Gasteiger partial charge in [-0.3, -0.25) is 14.5 Å². The zero-order valence-corrected chi connectivity index (χ0v) is 18.0. The minimum absolute atomic E-state index is 0.0785. The number of carbonyl (C=O) groups is 2. The Morgan fingerprint density at radius 2 is 2.00 bits per heavy atom. The van der Waals surface area contributed by atoms with Gasteiger partial charge in [0.05, 0.1) is 18.3 Å². The predicted octanol–water partition coefficient (Wildman–Crippen LogP) is 4.33. The lowest BCUT2D eigenvalue weighted by Crippen LogP contribution is -2.40. The first-order valence-corrected chi connectivity index (χ1v) is 11.4. The van der Waals surface area contributed by atoms with Crippen LogP contribution in [-0.2, 0) is 11.2 Å². The summed E-state index contributed by atoms with van der Waals surface area (Å²) in [6.07, 6.45) is 0.935. The van der Waals surface area contributed by atoms with Gasteiger partial charge in [-0.25, -0.2) is 0 Å². The fraction of sp³-hybridized carbons (Fsp3) is 0.273. The molecule has 2 aromatic heterocycles. The van der Waals surface area contributed by atoms with E-state index in [1.54, 1.807) is 34.8 Å². The second kappa shape index (κ2) is 7.86. The van der Waals surface area contributed by atoms with E-state index in [9.17, 15) is 9.59 Å². The number of thiophene rings is 2. The molecule has 0 saturated carbocycles. The van der Waals surface area contributed by atoms with Crippen LogP contribution in [0, 0.1) is 0 Å². The molecule has 2 aliphatic heterocycles. The van der Waals surface area contributed by atoms with E-state index in [-0.39, 0.29) is 31.1 Å². The molecule has 1 atom stereocenters. The second-order valence-electron chi connectivity index (χ2n) is 7.29. The van der Waals surface area contributed by atoms with E-state index in [0.717, 1.165) is 13.0 Å². The number of nitrogens with zero attached hydrogens (tertiary/aromatic N) is 1. The van der Waals surface area contributed by atoms with Crippen molar-refractivity contribution in [2.45, 2.75) is 19.4 Å². The van der Waals surface area contributed by atoms with Gasteiger partial charge in [0.1, 0.15) is 0 Å². The maximum absolute atomic E-state index is 13.0. The first kappa shape index (κ1) is 19.3. The highest BCUT2D eigenvalue weighted by Gasteiger charge is 2.31. The lowest BCUT2D eigenvalue weighted by Gasteiger charge is -2.34. The van der Waals surface area contributed by atoms with Crippen molar-refractivity contribution >= 4 is 40.1 Å². The lowest BCUT2D eigenvalue weighted by molar-refractivity contribution is -0.117. The maximum atomic E-state index is 13.0. The van der Waals surface area contributed by atoms with E-state index < -0.39 is 0 Å². The number of carbonyl (C=O) groups excluding carboxylic acids is 2. The lowest BCUT2D eigenvalue weighted by atomic mass is 9.98. The number of ketones is 1. The highest BCUT2D eigenvalue weighted by atomic mass is 32.1. The fourth-order valence-corrected chi connectivity index (χ4v) is 5.81. The molecular formula is C22H20N2O4S2. The third-order valence-electron chi connectivity index (χ3n) is 5.39. The number of hydrogen-bond acceptors (Lipinski definition) is 7. The monoisotopic (exact) mass is 440 g/mol. The van der Waals surface area contributed by atoms with Crippen LogP contribution in [0.25, 0.3) is 0 Å². The normalized spacial score (nSPS) is 17.6. The minimum atomic E-state index is -0.156. The van der Waals surface area contributed by atoms with Gasteiger partial charge >= 0.3 is 0 Å². The molecule has 4 heterocycles. The van der Waals surface area contributed by atoms with E-state index in [4.69, 9.17) is 9.47 Å². The van der Waals surface area contributed by atoms with Gasteiger partial charge in [0.2, 0.25) is 12.7 Å². The van der Waals surface area contributed by atoms with Crippen molar-refractivity contribution in [1.82, 2.24) is 4.90 Å². The summed E-state index contributed by atoms with van der Waals surface area (Å²) >= 11 is 3.49. The molecule has 3 aromatic rings. The highest BCUT2D eigenvalue weighted by molar-refractivity contribution is 7.10.